The predicted octanol–water partition coefficient (Wildman–Crippen LogP) is 0.789. The molecule has 0 aromatic rings. The maximum atomic E-state index is 5.47. The van der Waals surface area contributed by atoms with Gasteiger partial charge in [0.25, 0.3) is 0 Å². The maximum absolute atomic E-state index is 5.47. The Kier molecular flexibility index (Phi) is 0.259. The van der Waals surface area contributed by atoms with E-state index in [2.05, 4.69) is 6.58 Å². The standard InChI is InChI=1S/C6H7N/c1-2-6-3-4(6)5(6)7/h2H,1,3,7H2. The van der Waals surface area contributed by atoms with Crippen molar-refractivity contribution in [2.24, 2.45) is 11.1 Å². The Balaban J connectivity index is 2.34. The minimum atomic E-state index is 0.292. The zero-order chi connectivity index (χ0) is 5.07. The van der Waals surface area contributed by atoms with Crippen LogP contribution in [-0.2, 0) is 0 Å². The summed E-state index contributed by atoms with van der Waals surface area (Å²) in [6.45, 7) is 3.66. The first-order valence-corrected chi connectivity index (χ1v) is 2.44. The third-order valence-corrected chi connectivity index (χ3v) is 1.96. The third kappa shape index (κ3) is 0.153. The summed E-state index contributed by atoms with van der Waals surface area (Å²) in [4.78, 5) is 0. The van der Waals surface area contributed by atoms with Crippen molar-refractivity contribution in [3.05, 3.63) is 23.9 Å². The molecular weight excluding hydrogens is 86.1 g/mol. The topological polar surface area (TPSA) is 26.0 Å². The number of rotatable bonds is 1. The molecule has 0 spiro atoms. The van der Waals surface area contributed by atoms with E-state index in [0.29, 0.717) is 5.41 Å². The van der Waals surface area contributed by atoms with E-state index in [0.717, 1.165) is 5.70 Å². The summed E-state index contributed by atoms with van der Waals surface area (Å²) in [5, 5.41) is 0. The zero-order valence-electron chi connectivity index (χ0n) is 4.07. The second-order valence-electron chi connectivity index (χ2n) is 2.24. The van der Waals surface area contributed by atoms with Crippen LogP contribution in [0.5, 0.6) is 0 Å². The van der Waals surface area contributed by atoms with E-state index in [1.807, 2.05) is 6.08 Å². The molecule has 1 saturated carbocycles. The van der Waals surface area contributed by atoms with Gasteiger partial charge in [-0.3, -0.25) is 0 Å². The molecule has 2 rings (SSSR count). The number of hydrogen-bond donors (Lipinski definition) is 1. The molecular formula is C6H7N. The highest BCUT2D eigenvalue weighted by Crippen LogP contribution is 2.72. The highest BCUT2D eigenvalue weighted by molar-refractivity contribution is 5.66. The van der Waals surface area contributed by atoms with Gasteiger partial charge >= 0.3 is 0 Å². The van der Waals surface area contributed by atoms with E-state index in [1.165, 1.54) is 12.0 Å². The van der Waals surface area contributed by atoms with Crippen LogP contribution in [0, 0.1) is 5.41 Å². The fourth-order valence-electron chi connectivity index (χ4n) is 1.04. The Morgan fingerprint density at radius 2 is 2.43 bits per heavy atom. The third-order valence-electron chi connectivity index (χ3n) is 1.96. The van der Waals surface area contributed by atoms with Gasteiger partial charge in [-0.2, -0.15) is 0 Å². The van der Waals surface area contributed by atoms with Gasteiger partial charge in [0.15, 0.2) is 0 Å². The molecule has 2 aliphatic rings. The van der Waals surface area contributed by atoms with Crippen molar-refractivity contribution < 1.29 is 0 Å². The number of hydrogen-bond acceptors (Lipinski definition) is 1. The van der Waals surface area contributed by atoms with Gasteiger partial charge in [0.1, 0.15) is 0 Å². The SMILES string of the molecule is C=CC12CC1=C2N. The van der Waals surface area contributed by atoms with Crippen molar-refractivity contribution in [1.82, 2.24) is 0 Å². The Morgan fingerprint density at radius 3 is 2.43 bits per heavy atom. The fourth-order valence-corrected chi connectivity index (χ4v) is 1.04. The minimum absolute atomic E-state index is 0.292. The van der Waals surface area contributed by atoms with Gasteiger partial charge in [-0.05, 0) is 12.0 Å². The first-order chi connectivity index (χ1) is 3.31. The monoisotopic (exact) mass is 93.1 g/mol. The lowest BCUT2D eigenvalue weighted by Gasteiger charge is -1.91. The van der Waals surface area contributed by atoms with Gasteiger partial charge in [0.05, 0.1) is 5.41 Å². The average molecular weight is 93.1 g/mol. The van der Waals surface area contributed by atoms with Crippen LogP contribution in [0.3, 0.4) is 0 Å². The predicted molar refractivity (Wildman–Crippen MR) is 28.5 cm³/mol. The van der Waals surface area contributed by atoms with E-state index in [4.69, 9.17) is 5.73 Å². The smallest absolute Gasteiger partial charge is 0.0543 e. The summed E-state index contributed by atoms with van der Waals surface area (Å²) >= 11 is 0. The van der Waals surface area contributed by atoms with E-state index < -0.39 is 0 Å². The van der Waals surface area contributed by atoms with Crippen LogP contribution in [0.1, 0.15) is 6.42 Å². The highest BCUT2D eigenvalue weighted by Gasteiger charge is 2.64. The van der Waals surface area contributed by atoms with Crippen molar-refractivity contribution in [2.75, 3.05) is 0 Å². The zero-order valence-corrected chi connectivity index (χ0v) is 4.07. The van der Waals surface area contributed by atoms with Crippen LogP contribution in [-0.4, -0.2) is 0 Å². The molecule has 1 nitrogen and oxygen atoms in total. The van der Waals surface area contributed by atoms with Gasteiger partial charge in [-0.1, -0.05) is 6.08 Å². The summed E-state index contributed by atoms with van der Waals surface area (Å²) in [6, 6.07) is 0. The Morgan fingerprint density at radius 1 is 1.86 bits per heavy atom. The van der Waals surface area contributed by atoms with Gasteiger partial charge < -0.3 is 5.73 Å². The van der Waals surface area contributed by atoms with Crippen LogP contribution in [0.25, 0.3) is 0 Å². The van der Waals surface area contributed by atoms with Gasteiger partial charge in [-0.15, -0.1) is 6.58 Å². The van der Waals surface area contributed by atoms with Crippen LogP contribution in [0.2, 0.25) is 0 Å². The Bertz CT molecular complexity index is 171. The number of nitrogens with two attached hydrogens (primary N) is 1. The molecule has 36 valence electrons. The van der Waals surface area contributed by atoms with Crippen LogP contribution >= 0.6 is 0 Å². The van der Waals surface area contributed by atoms with Gasteiger partial charge in [-0.25, -0.2) is 0 Å². The molecule has 0 aromatic heterocycles. The molecule has 2 aliphatic carbocycles. The Hall–Kier alpha value is -0.720. The lowest BCUT2D eigenvalue weighted by Crippen LogP contribution is -1.96. The van der Waals surface area contributed by atoms with E-state index in [-0.39, 0.29) is 0 Å². The maximum Gasteiger partial charge on any atom is 0.0543 e. The van der Waals surface area contributed by atoms with Gasteiger partial charge in [0, 0.05) is 5.70 Å². The van der Waals surface area contributed by atoms with Crippen molar-refractivity contribution in [3.8, 4) is 0 Å². The first-order valence-electron chi connectivity index (χ1n) is 2.44. The lowest BCUT2D eigenvalue weighted by molar-refractivity contribution is 0.883. The van der Waals surface area contributed by atoms with Crippen molar-refractivity contribution in [1.29, 1.82) is 0 Å². The van der Waals surface area contributed by atoms with E-state index in [1.54, 1.807) is 0 Å². The second kappa shape index (κ2) is 0.548. The minimum Gasteiger partial charge on any atom is -0.401 e. The molecule has 0 heterocycles. The normalized spacial score (nSPS) is 42.9. The molecule has 1 unspecified atom stereocenters. The molecule has 0 aliphatic heterocycles. The molecule has 1 fully saturated rings. The van der Waals surface area contributed by atoms with Crippen LogP contribution in [0.15, 0.2) is 23.9 Å². The number of allylic oxidation sites excluding steroid dienone is 2. The quantitative estimate of drug-likeness (QED) is 0.476. The summed E-state index contributed by atoms with van der Waals surface area (Å²) < 4.78 is 0. The summed E-state index contributed by atoms with van der Waals surface area (Å²) in [6.07, 6.45) is 3.14. The lowest BCUT2D eigenvalue weighted by atomic mass is 10.2. The van der Waals surface area contributed by atoms with Gasteiger partial charge in [0.2, 0.25) is 0 Å². The van der Waals surface area contributed by atoms with Crippen molar-refractivity contribution in [3.63, 3.8) is 0 Å². The molecule has 1 heteroatoms. The van der Waals surface area contributed by atoms with Crippen LogP contribution in [0.4, 0.5) is 0 Å². The Labute approximate surface area is 42.5 Å². The molecule has 0 bridgehead atoms. The summed E-state index contributed by atoms with van der Waals surface area (Å²) in [5.41, 5.74) is 8.28. The molecule has 1 atom stereocenters. The summed E-state index contributed by atoms with van der Waals surface area (Å²) in [7, 11) is 0. The van der Waals surface area contributed by atoms with E-state index in [9.17, 15) is 0 Å². The number of fused-ring (bicyclic) bond motifs is 1. The molecule has 2 N–H and O–H groups in total. The average Bonchev–Trinajstić information content (AvgIpc) is 2.49. The van der Waals surface area contributed by atoms with Crippen LogP contribution < -0.4 is 5.73 Å². The molecule has 0 radical (unpaired) electrons. The fraction of sp³-hybridized carbons (Fsp3) is 0.333. The first kappa shape index (κ1) is 3.30. The highest BCUT2D eigenvalue weighted by atomic mass is 14.8. The largest absolute Gasteiger partial charge is 0.401 e. The molecule has 7 heavy (non-hydrogen) atoms. The summed E-state index contributed by atoms with van der Waals surface area (Å²) in [5.74, 6) is 0. The molecule has 0 saturated heterocycles. The molecule has 0 amide bonds. The van der Waals surface area contributed by atoms with E-state index >= 15 is 0 Å². The molecule has 0 aromatic carbocycles. The van der Waals surface area contributed by atoms with Crippen molar-refractivity contribution in [2.45, 2.75) is 6.42 Å². The van der Waals surface area contributed by atoms with Crippen molar-refractivity contribution >= 4 is 0 Å². The second-order valence-corrected chi connectivity index (χ2v) is 2.24.